The summed E-state index contributed by atoms with van der Waals surface area (Å²) in [5, 5.41) is 0. The monoisotopic (exact) mass is 466 g/mol. The van der Waals surface area contributed by atoms with Gasteiger partial charge in [0.25, 0.3) is 5.91 Å². The van der Waals surface area contributed by atoms with Crippen molar-refractivity contribution in [3.8, 4) is 0 Å². The Labute approximate surface area is 206 Å². The molecule has 2 unspecified atom stereocenters. The standard InChI is InChI=1S/C29H42N2O3/c1-9-12-23(10-2)24-16-14-22(15-17-24)19-21(3)26-20-25(13-11-18-30(7)8)27(32)31(26)28(33)34-29(4,5)6/h9-10,12-17,21,26H,11,18-20H2,1-8H3/b12-9-,23-10+,25-13?. The summed E-state index contributed by atoms with van der Waals surface area (Å²) in [6, 6.07) is 8.33. The number of rotatable bonds is 8. The molecule has 0 radical (unpaired) electrons. The molecule has 1 aliphatic heterocycles. The van der Waals surface area contributed by atoms with E-state index in [4.69, 9.17) is 4.74 Å². The SMILES string of the molecule is C/C=C\C(=C/C)c1ccc(CC(C)C2CC(=CCCN(C)C)C(=O)N2C(=O)OC(C)(C)C)cc1. The number of amides is 2. The first-order valence-electron chi connectivity index (χ1n) is 12.3. The van der Waals surface area contributed by atoms with E-state index in [1.54, 1.807) is 0 Å². The summed E-state index contributed by atoms with van der Waals surface area (Å²) in [5.74, 6) is -0.122. The predicted octanol–water partition coefficient (Wildman–Crippen LogP) is 6.26. The average molecular weight is 467 g/mol. The third kappa shape index (κ3) is 7.69. The number of likely N-dealkylation sites (tertiary alicyclic amines) is 1. The lowest BCUT2D eigenvalue weighted by Crippen LogP contribution is -2.45. The molecular formula is C29H42N2O3. The second-order valence-electron chi connectivity index (χ2n) is 10.4. The van der Waals surface area contributed by atoms with Crippen molar-refractivity contribution < 1.29 is 14.3 Å². The lowest BCUT2D eigenvalue weighted by molar-refractivity contribution is -0.126. The van der Waals surface area contributed by atoms with Gasteiger partial charge in [0, 0.05) is 12.1 Å². The lowest BCUT2D eigenvalue weighted by atomic mass is 9.90. The van der Waals surface area contributed by atoms with Crippen LogP contribution in [0.25, 0.3) is 5.57 Å². The zero-order valence-corrected chi connectivity index (χ0v) is 22.2. The molecule has 0 aliphatic carbocycles. The largest absolute Gasteiger partial charge is 0.443 e. The maximum atomic E-state index is 13.2. The first-order valence-corrected chi connectivity index (χ1v) is 12.3. The van der Waals surface area contributed by atoms with E-state index in [0.717, 1.165) is 19.4 Å². The normalized spacial score (nSPS) is 19.5. The van der Waals surface area contributed by atoms with Crippen LogP contribution < -0.4 is 0 Å². The number of imide groups is 1. The second-order valence-corrected chi connectivity index (χ2v) is 10.4. The summed E-state index contributed by atoms with van der Waals surface area (Å²) in [5.41, 5.74) is 3.61. The van der Waals surface area contributed by atoms with Crippen molar-refractivity contribution in [1.29, 1.82) is 0 Å². The van der Waals surface area contributed by atoms with Crippen LogP contribution in [0, 0.1) is 5.92 Å². The molecule has 1 heterocycles. The number of ether oxygens (including phenoxy) is 1. The average Bonchev–Trinajstić information content (AvgIpc) is 3.08. The highest BCUT2D eigenvalue weighted by atomic mass is 16.6. The lowest BCUT2D eigenvalue weighted by Gasteiger charge is -2.30. The molecule has 0 N–H and O–H groups in total. The molecule has 0 aromatic heterocycles. The highest BCUT2D eigenvalue weighted by molar-refractivity contribution is 6.05. The molecule has 5 heteroatoms. The van der Waals surface area contributed by atoms with Crippen LogP contribution in [-0.2, 0) is 16.0 Å². The van der Waals surface area contributed by atoms with Gasteiger partial charge in [-0.25, -0.2) is 9.69 Å². The number of carbonyl (C=O) groups is 2. The zero-order valence-electron chi connectivity index (χ0n) is 22.2. The highest BCUT2D eigenvalue weighted by Crippen LogP contribution is 2.33. The van der Waals surface area contributed by atoms with Gasteiger partial charge >= 0.3 is 6.09 Å². The van der Waals surface area contributed by atoms with Gasteiger partial charge in [-0.15, -0.1) is 0 Å². The van der Waals surface area contributed by atoms with Gasteiger partial charge in [0.1, 0.15) is 5.60 Å². The van der Waals surface area contributed by atoms with Crippen LogP contribution in [0.4, 0.5) is 4.79 Å². The summed E-state index contributed by atoms with van der Waals surface area (Å²) >= 11 is 0. The first kappa shape index (κ1) is 27.6. The Bertz CT molecular complexity index is 933. The molecule has 1 aromatic rings. The van der Waals surface area contributed by atoms with Gasteiger partial charge in [0.2, 0.25) is 0 Å². The van der Waals surface area contributed by atoms with Gasteiger partial charge in [0.05, 0.1) is 6.04 Å². The number of allylic oxidation sites excluding steroid dienone is 4. The number of hydrogen-bond acceptors (Lipinski definition) is 4. The molecule has 0 bridgehead atoms. The van der Waals surface area contributed by atoms with E-state index in [1.807, 2.05) is 60.9 Å². The van der Waals surface area contributed by atoms with Crippen LogP contribution in [0.5, 0.6) is 0 Å². The molecule has 1 aliphatic rings. The summed E-state index contributed by atoms with van der Waals surface area (Å²) < 4.78 is 5.61. The van der Waals surface area contributed by atoms with E-state index < -0.39 is 11.7 Å². The van der Waals surface area contributed by atoms with Crippen molar-refractivity contribution in [3.63, 3.8) is 0 Å². The van der Waals surface area contributed by atoms with Gasteiger partial charge < -0.3 is 9.64 Å². The summed E-state index contributed by atoms with van der Waals surface area (Å²) in [6.07, 6.45) is 9.79. The molecule has 0 saturated carbocycles. The molecule has 0 spiro atoms. The van der Waals surface area contributed by atoms with Crippen LogP contribution in [0.1, 0.15) is 65.5 Å². The molecule has 1 saturated heterocycles. The molecular weight excluding hydrogens is 424 g/mol. The van der Waals surface area contributed by atoms with Crippen LogP contribution in [0.3, 0.4) is 0 Å². The van der Waals surface area contributed by atoms with Crippen LogP contribution in [0.2, 0.25) is 0 Å². The van der Waals surface area contributed by atoms with E-state index in [-0.39, 0.29) is 17.9 Å². The van der Waals surface area contributed by atoms with Crippen molar-refractivity contribution in [2.24, 2.45) is 5.92 Å². The number of nitrogens with zero attached hydrogens (tertiary/aromatic N) is 2. The molecule has 2 amide bonds. The third-order valence-electron chi connectivity index (χ3n) is 5.97. The fourth-order valence-corrected chi connectivity index (χ4v) is 4.24. The van der Waals surface area contributed by atoms with Crippen LogP contribution in [-0.4, -0.2) is 54.1 Å². The van der Waals surface area contributed by atoms with Gasteiger partial charge in [-0.1, -0.05) is 55.5 Å². The Balaban J connectivity index is 2.23. The van der Waals surface area contributed by atoms with E-state index in [0.29, 0.717) is 12.0 Å². The highest BCUT2D eigenvalue weighted by Gasteiger charge is 2.43. The Morgan fingerprint density at radius 1 is 1.21 bits per heavy atom. The topological polar surface area (TPSA) is 49.9 Å². The molecule has 2 atom stereocenters. The van der Waals surface area contributed by atoms with Crippen molar-refractivity contribution in [3.05, 3.63) is 65.3 Å². The molecule has 34 heavy (non-hydrogen) atoms. The van der Waals surface area contributed by atoms with Crippen LogP contribution >= 0.6 is 0 Å². The molecule has 1 aromatic carbocycles. The fourth-order valence-electron chi connectivity index (χ4n) is 4.24. The maximum Gasteiger partial charge on any atom is 0.417 e. The summed E-state index contributed by atoms with van der Waals surface area (Å²) in [6.45, 7) is 12.5. The Kier molecular flexibility index (Phi) is 9.87. The van der Waals surface area contributed by atoms with Crippen molar-refractivity contribution in [2.75, 3.05) is 20.6 Å². The smallest absolute Gasteiger partial charge is 0.417 e. The second kappa shape index (κ2) is 12.2. The maximum absolute atomic E-state index is 13.2. The molecule has 5 nitrogen and oxygen atoms in total. The van der Waals surface area contributed by atoms with Gasteiger partial charge in [0.15, 0.2) is 0 Å². The number of carbonyl (C=O) groups excluding carboxylic acids is 2. The minimum absolute atomic E-state index is 0.0961. The quantitative estimate of drug-likeness (QED) is 0.335. The van der Waals surface area contributed by atoms with Crippen molar-refractivity contribution in [1.82, 2.24) is 9.80 Å². The fraction of sp³-hybridized carbons (Fsp3) is 0.517. The van der Waals surface area contributed by atoms with Crippen molar-refractivity contribution in [2.45, 2.75) is 72.4 Å². The van der Waals surface area contributed by atoms with E-state index in [9.17, 15) is 9.59 Å². The molecule has 1 fully saturated rings. The van der Waals surface area contributed by atoms with E-state index in [1.165, 1.54) is 21.6 Å². The third-order valence-corrected chi connectivity index (χ3v) is 5.97. The summed E-state index contributed by atoms with van der Waals surface area (Å²) in [7, 11) is 4.02. The van der Waals surface area contributed by atoms with Gasteiger partial charge in [-0.3, -0.25) is 4.79 Å². The Morgan fingerprint density at radius 2 is 1.85 bits per heavy atom. The van der Waals surface area contributed by atoms with Crippen molar-refractivity contribution >= 4 is 17.6 Å². The zero-order chi connectivity index (χ0) is 25.5. The van der Waals surface area contributed by atoms with Crippen LogP contribution in [0.15, 0.2) is 54.1 Å². The number of hydrogen-bond donors (Lipinski definition) is 0. The molecule has 2 rings (SSSR count). The molecule has 186 valence electrons. The van der Waals surface area contributed by atoms with Gasteiger partial charge in [-0.2, -0.15) is 0 Å². The van der Waals surface area contributed by atoms with E-state index >= 15 is 0 Å². The minimum atomic E-state index is -0.657. The van der Waals surface area contributed by atoms with Gasteiger partial charge in [-0.05, 0) is 90.6 Å². The first-order chi connectivity index (χ1) is 16.0. The predicted molar refractivity (Wildman–Crippen MR) is 141 cm³/mol. The van der Waals surface area contributed by atoms with E-state index in [2.05, 4.69) is 48.2 Å². The summed E-state index contributed by atoms with van der Waals surface area (Å²) in [4.78, 5) is 29.7. The minimum Gasteiger partial charge on any atom is -0.443 e. The number of benzene rings is 1. The Morgan fingerprint density at radius 3 is 2.38 bits per heavy atom. The Hall–Kier alpha value is -2.66.